The highest BCUT2D eigenvalue weighted by Gasteiger charge is 2.27. The Morgan fingerprint density at radius 1 is 1.41 bits per heavy atom. The van der Waals surface area contributed by atoms with E-state index in [0.29, 0.717) is 6.04 Å². The lowest BCUT2D eigenvalue weighted by atomic mass is 9.94. The molecule has 1 fully saturated rings. The largest absolute Gasteiger partial charge is 0.390 e. The molecular weight excluding hydrogens is 214 g/mol. The third-order valence-corrected chi connectivity index (χ3v) is 3.51. The summed E-state index contributed by atoms with van der Waals surface area (Å²) in [7, 11) is 0. The minimum Gasteiger partial charge on any atom is -0.390 e. The second-order valence-electron chi connectivity index (χ2n) is 5.65. The van der Waals surface area contributed by atoms with Crippen molar-refractivity contribution < 1.29 is 5.11 Å². The van der Waals surface area contributed by atoms with Crippen molar-refractivity contribution in [2.75, 3.05) is 13.1 Å². The van der Waals surface area contributed by atoms with Crippen LogP contribution >= 0.6 is 0 Å². The summed E-state index contributed by atoms with van der Waals surface area (Å²) in [5.41, 5.74) is 0.661. The molecule has 1 aliphatic heterocycles. The quantitative estimate of drug-likeness (QED) is 0.871. The van der Waals surface area contributed by atoms with Crippen molar-refractivity contribution in [2.24, 2.45) is 0 Å². The molecule has 1 aromatic heterocycles. The van der Waals surface area contributed by atoms with Crippen LogP contribution in [0.1, 0.15) is 45.3 Å². The van der Waals surface area contributed by atoms with Crippen molar-refractivity contribution in [3.05, 3.63) is 18.0 Å². The third kappa shape index (κ3) is 3.30. The van der Waals surface area contributed by atoms with Crippen molar-refractivity contribution in [3.63, 3.8) is 0 Å². The van der Waals surface area contributed by atoms with Gasteiger partial charge in [0, 0.05) is 31.9 Å². The number of piperidine rings is 1. The Balaban J connectivity index is 1.89. The fourth-order valence-electron chi connectivity index (χ4n) is 2.17. The van der Waals surface area contributed by atoms with E-state index >= 15 is 0 Å². The first-order chi connectivity index (χ1) is 7.96. The average molecular weight is 237 g/mol. The van der Waals surface area contributed by atoms with Crippen LogP contribution in [0.2, 0.25) is 0 Å². The zero-order chi connectivity index (χ0) is 12.5. The summed E-state index contributed by atoms with van der Waals surface area (Å²) in [6.45, 7) is 9.01. The van der Waals surface area contributed by atoms with Gasteiger partial charge in [-0.3, -0.25) is 9.58 Å². The van der Waals surface area contributed by atoms with Crippen molar-refractivity contribution in [2.45, 2.75) is 51.8 Å². The highest BCUT2D eigenvalue weighted by atomic mass is 16.3. The SMILES string of the molecule is CC(C)n1ccc(CN2CCC(C)(O)CC2)n1. The molecule has 1 aliphatic rings. The van der Waals surface area contributed by atoms with E-state index in [4.69, 9.17) is 0 Å². The van der Waals surface area contributed by atoms with Crippen LogP contribution in [0.15, 0.2) is 12.3 Å². The van der Waals surface area contributed by atoms with E-state index in [-0.39, 0.29) is 0 Å². The average Bonchev–Trinajstić information content (AvgIpc) is 2.70. The highest BCUT2D eigenvalue weighted by Crippen LogP contribution is 2.22. The van der Waals surface area contributed by atoms with Gasteiger partial charge < -0.3 is 5.11 Å². The molecule has 17 heavy (non-hydrogen) atoms. The minimum absolute atomic E-state index is 0.422. The molecule has 0 saturated carbocycles. The predicted octanol–water partition coefficient (Wildman–Crippen LogP) is 1.81. The Morgan fingerprint density at radius 3 is 2.59 bits per heavy atom. The molecule has 0 amide bonds. The monoisotopic (exact) mass is 237 g/mol. The molecule has 2 heterocycles. The van der Waals surface area contributed by atoms with E-state index in [1.165, 1.54) is 0 Å². The molecular formula is C13H23N3O. The smallest absolute Gasteiger partial charge is 0.0764 e. The first-order valence-corrected chi connectivity index (χ1v) is 6.45. The van der Waals surface area contributed by atoms with Gasteiger partial charge in [-0.1, -0.05) is 0 Å². The molecule has 4 nitrogen and oxygen atoms in total. The minimum atomic E-state index is -0.464. The van der Waals surface area contributed by atoms with Crippen LogP contribution in [-0.2, 0) is 6.54 Å². The number of likely N-dealkylation sites (tertiary alicyclic amines) is 1. The molecule has 96 valence electrons. The fraction of sp³-hybridized carbons (Fsp3) is 0.769. The Kier molecular flexibility index (Phi) is 3.54. The van der Waals surface area contributed by atoms with Crippen molar-refractivity contribution in [1.29, 1.82) is 0 Å². The lowest BCUT2D eigenvalue weighted by Crippen LogP contribution is -2.42. The van der Waals surface area contributed by atoms with E-state index in [1.54, 1.807) is 0 Å². The van der Waals surface area contributed by atoms with Crippen LogP contribution in [0.25, 0.3) is 0 Å². The Morgan fingerprint density at radius 2 is 2.06 bits per heavy atom. The topological polar surface area (TPSA) is 41.3 Å². The lowest BCUT2D eigenvalue weighted by molar-refractivity contribution is -0.00761. The maximum Gasteiger partial charge on any atom is 0.0764 e. The molecule has 2 rings (SSSR count). The number of rotatable bonds is 3. The van der Waals surface area contributed by atoms with Gasteiger partial charge in [-0.15, -0.1) is 0 Å². The number of hydrogen-bond donors (Lipinski definition) is 1. The van der Waals surface area contributed by atoms with Crippen molar-refractivity contribution >= 4 is 0 Å². The van der Waals surface area contributed by atoms with Crippen LogP contribution in [0, 0.1) is 0 Å². The first-order valence-electron chi connectivity index (χ1n) is 6.45. The Labute approximate surface area is 103 Å². The molecule has 0 atom stereocenters. The van der Waals surface area contributed by atoms with Crippen molar-refractivity contribution in [3.8, 4) is 0 Å². The standard InChI is InChI=1S/C13H23N3O/c1-11(2)16-7-4-12(14-16)10-15-8-5-13(3,17)6-9-15/h4,7,11,17H,5-6,8-10H2,1-3H3. The molecule has 0 aromatic carbocycles. The maximum absolute atomic E-state index is 9.89. The summed E-state index contributed by atoms with van der Waals surface area (Å²) < 4.78 is 2.00. The summed E-state index contributed by atoms with van der Waals surface area (Å²) in [5, 5.41) is 14.4. The van der Waals surface area contributed by atoms with Gasteiger partial charge in [0.1, 0.15) is 0 Å². The molecule has 0 bridgehead atoms. The van der Waals surface area contributed by atoms with Crippen LogP contribution in [-0.4, -0.2) is 38.5 Å². The van der Waals surface area contributed by atoms with Crippen molar-refractivity contribution in [1.82, 2.24) is 14.7 Å². The summed E-state index contributed by atoms with van der Waals surface area (Å²) in [6.07, 6.45) is 3.76. The molecule has 4 heteroatoms. The molecule has 1 aromatic rings. The molecule has 1 N–H and O–H groups in total. The summed E-state index contributed by atoms with van der Waals surface area (Å²) in [6, 6.07) is 2.51. The van der Waals surface area contributed by atoms with E-state index in [0.717, 1.165) is 38.2 Å². The van der Waals surface area contributed by atoms with Gasteiger partial charge >= 0.3 is 0 Å². The van der Waals surface area contributed by atoms with Gasteiger partial charge in [-0.05, 0) is 39.7 Å². The van der Waals surface area contributed by atoms with Crippen LogP contribution in [0.5, 0.6) is 0 Å². The number of aliphatic hydroxyl groups is 1. The number of hydrogen-bond acceptors (Lipinski definition) is 3. The van der Waals surface area contributed by atoms with Gasteiger partial charge in [-0.25, -0.2) is 0 Å². The zero-order valence-corrected chi connectivity index (χ0v) is 11.1. The van der Waals surface area contributed by atoms with Gasteiger partial charge in [0.2, 0.25) is 0 Å². The summed E-state index contributed by atoms with van der Waals surface area (Å²) in [5.74, 6) is 0. The zero-order valence-electron chi connectivity index (χ0n) is 11.1. The van der Waals surface area contributed by atoms with Gasteiger partial charge in [0.25, 0.3) is 0 Å². The Hall–Kier alpha value is -0.870. The van der Waals surface area contributed by atoms with E-state index in [9.17, 15) is 5.11 Å². The number of nitrogens with zero attached hydrogens (tertiary/aromatic N) is 3. The molecule has 0 unspecified atom stereocenters. The Bertz CT molecular complexity index is 360. The van der Waals surface area contributed by atoms with Crippen LogP contribution < -0.4 is 0 Å². The summed E-state index contributed by atoms with van der Waals surface area (Å²) in [4.78, 5) is 2.37. The third-order valence-electron chi connectivity index (χ3n) is 3.51. The van der Waals surface area contributed by atoms with Gasteiger partial charge in [0.15, 0.2) is 0 Å². The molecule has 0 spiro atoms. The molecule has 0 aliphatic carbocycles. The highest BCUT2D eigenvalue weighted by molar-refractivity contribution is 5.00. The van der Waals surface area contributed by atoms with Crippen LogP contribution in [0.3, 0.4) is 0 Å². The van der Waals surface area contributed by atoms with Crippen LogP contribution in [0.4, 0.5) is 0 Å². The second-order valence-corrected chi connectivity index (χ2v) is 5.65. The summed E-state index contributed by atoms with van der Waals surface area (Å²) >= 11 is 0. The second kappa shape index (κ2) is 4.78. The van der Waals surface area contributed by atoms with E-state index in [1.807, 2.05) is 17.8 Å². The number of aromatic nitrogens is 2. The lowest BCUT2D eigenvalue weighted by Gasteiger charge is -2.35. The molecule has 0 radical (unpaired) electrons. The maximum atomic E-state index is 9.89. The van der Waals surface area contributed by atoms with E-state index in [2.05, 4.69) is 29.9 Å². The molecule has 1 saturated heterocycles. The normalized spacial score (nSPS) is 21.0. The van der Waals surface area contributed by atoms with E-state index < -0.39 is 5.60 Å². The van der Waals surface area contributed by atoms with Gasteiger partial charge in [0.05, 0.1) is 11.3 Å². The first kappa shape index (κ1) is 12.6. The fourth-order valence-corrected chi connectivity index (χ4v) is 2.17. The predicted molar refractivity (Wildman–Crippen MR) is 67.7 cm³/mol. The van der Waals surface area contributed by atoms with Gasteiger partial charge in [-0.2, -0.15) is 5.10 Å².